The summed E-state index contributed by atoms with van der Waals surface area (Å²) in [5.41, 5.74) is 1.41. The number of Topliss-reactive ketones (excluding diaryl/α,β-unsaturated/α-hetero) is 1. The predicted molar refractivity (Wildman–Crippen MR) is 84.6 cm³/mol. The van der Waals surface area contributed by atoms with Crippen molar-refractivity contribution >= 4 is 17.4 Å². The van der Waals surface area contributed by atoms with E-state index in [0.717, 1.165) is 18.8 Å². The second-order valence-electron chi connectivity index (χ2n) is 5.83. The van der Waals surface area contributed by atoms with Crippen molar-refractivity contribution < 1.29 is 9.59 Å². The Labute approximate surface area is 126 Å². The zero-order chi connectivity index (χ0) is 15.2. The Kier molecular flexibility index (Phi) is 5.51. The van der Waals surface area contributed by atoms with Crippen LogP contribution >= 0.6 is 0 Å². The maximum Gasteiger partial charge on any atom is 0.225 e. The Morgan fingerprint density at radius 2 is 1.76 bits per heavy atom. The molecule has 1 unspecified atom stereocenters. The highest BCUT2D eigenvalue weighted by atomic mass is 16.1. The summed E-state index contributed by atoms with van der Waals surface area (Å²) in [6.07, 6.45) is 4.28. The molecule has 0 spiro atoms. The van der Waals surface area contributed by atoms with Crippen molar-refractivity contribution in [3.63, 3.8) is 0 Å². The number of benzene rings is 1. The van der Waals surface area contributed by atoms with Crippen molar-refractivity contribution in [1.29, 1.82) is 0 Å². The maximum absolute atomic E-state index is 12.1. The molecule has 1 saturated heterocycles. The Hall–Kier alpha value is -1.68. The van der Waals surface area contributed by atoms with E-state index in [4.69, 9.17) is 0 Å². The number of hydrogen-bond acceptors (Lipinski definition) is 3. The molecule has 0 aliphatic carbocycles. The Bertz CT molecular complexity index is 490. The van der Waals surface area contributed by atoms with Crippen LogP contribution in [0.4, 0.5) is 5.69 Å². The van der Waals surface area contributed by atoms with Crippen LogP contribution in [-0.4, -0.2) is 35.7 Å². The molecule has 0 radical (unpaired) electrons. The highest BCUT2D eigenvalue weighted by Gasteiger charge is 2.19. The van der Waals surface area contributed by atoms with Gasteiger partial charge in [-0.25, -0.2) is 0 Å². The molecule has 4 nitrogen and oxygen atoms in total. The molecule has 1 atom stereocenters. The van der Waals surface area contributed by atoms with Gasteiger partial charge in [-0.05, 0) is 64.0 Å². The monoisotopic (exact) mass is 288 g/mol. The summed E-state index contributed by atoms with van der Waals surface area (Å²) in [6, 6.07) is 7.32. The van der Waals surface area contributed by atoms with Crippen molar-refractivity contribution in [3.05, 3.63) is 29.8 Å². The number of ketones is 1. The lowest BCUT2D eigenvalue weighted by molar-refractivity contribution is -0.117. The first-order valence-corrected chi connectivity index (χ1v) is 7.71. The number of amides is 1. The third-order valence-electron chi connectivity index (χ3n) is 4.07. The fourth-order valence-corrected chi connectivity index (χ4v) is 2.76. The van der Waals surface area contributed by atoms with Crippen molar-refractivity contribution in [2.45, 2.75) is 45.6 Å². The molecule has 1 aliphatic rings. The van der Waals surface area contributed by atoms with Crippen molar-refractivity contribution in [2.24, 2.45) is 0 Å². The number of piperidine rings is 1. The van der Waals surface area contributed by atoms with Gasteiger partial charge in [0.2, 0.25) is 5.91 Å². The largest absolute Gasteiger partial charge is 0.326 e. The Morgan fingerprint density at radius 3 is 2.33 bits per heavy atom. The molecule has 1 fully saturated rings. The highest BCUT2D eigenvalue weighted by Crippen LogP contribution is 2.15. The molecular formula is C17H24N2O2. The molecule has 0 saturated carbocycles. The second kappa shape index (κ2) is 7.36. The van der Waals surface area contributed by atoms with Gasteiger partial charge in [0, 0.05) is 23.7 Å². The maximum atomic E-state index is 12.1. The minimum atomic E-state index is 0.0312. The average Bonchev–Trinajstić information content (AvgIpc) is 2.48. The first-order valence-electron chi connectivity index (χ1n) is 7.71. The summed E-state index contributed by atoms with van der Waals surface area (Å²) in [4.78, 5) is 25.7. The minimum absolute atomic E-state index is 0.0312. The van der Waals surface area contributed by atoms with E-state index in [0.29, 0.717) is 12.0 Å². The van der Waals surface area contributed by atoms with Crippen LogP contribution in [0.25, 0.3) is 0 Å². The van der Waals surface area contributed by atoms with E-state index in [2.05, 4.69) is 17.1 Å². The van der Waals surface area contributed by atoms with E-state index in [1.807, 2.05) is 0 Å². The number of anilines is 1. The van der Waals surface area contributed by atoms with Gasteiger partial charge in [-0.1, -0.05) is 6.42 Å². The molecule has 1 aromatic carbocycles. The SMILES string of the molecule is CC(=O)c1ccc(NC(=O)CC(C)N2CCCCC2)cc1. The summed E-state index contributed by atoms with van der Waals surface area (Å²) in [5, 5.41) is 2.90. The van der Waals surface area contributed by atoms with Crippen molar-refractivity contribution in [2.75, 3.05) is 18.4 Å². The third kappa shape index (κ3) is 4.67. The fourth-order valence-electron chi connectivity index (χ4n) is 2.76. The second-order valence-corrected chi connectivity index (χ2v) is 5.83. The molecule has 1 heterocycles. The summed E-state index contributed by atoms with van der Waals surface area (Å²) in [7, 11) is 0. The predicted octanol–water partition coefficient (Wildman–Crippen LogP) is 3.09. The van der Waals surface area contributed by atoms with Crippen LogP contribution in [0.15, 0.2) is 24.3 Å². The summed E-state index contributed by atoms with van der Waals surface area (Å²) < 4.78 is 0. The Balaban J connectivity index is 1.84. The molecular weight excluding hydrogens is 264 g/mol. The van der Waals surface area contributed by atoms with Gasteiger partial charge in [-0.15, -0.1) is 0 Å². The lowest BCUT2D eigenvalue weighted by atomic mass is 10.1. The summed E-state index contributed by atoms with van der Waals surface area (Å²) >= 11 is 0. The Morgan fingerprint density at radius 1 is 1.14 bits per heavy atom. The minimum Gasteiger partial charge on any atom is -0.326 e. The van der Waals surface area contributed by atoms with Gasteiger partial charge >= 0.3 is 0 Å². The summed E-state index contributed by atoms with van der Waals surface area (Å²) in [6.45, 7) is 5.85. The zero-order valence-electron chi connectivity index (χ0n) is 12.9. The van der Waals surface area contributed by atoms with Gasteiger partial charge in [0.15, 0.2) is 5.78 Å². The quantitative estimate of drug-likeness (QED) is 0.847. The number of likely N-dealkylation sites (tertiary alicyclic amines) is 1. The molecule has 1 amide bonds. The molecule has 0 bridgehead atoms. The van der Waals surface area contributed by atoms with Gasteiger partial charge in [-0.3, -0.25) is 9.59 Å². The van der Waals surface area contributed by atoms with Crippen LogP contribution < -0.4 is 5.32 Å². The zero-order valence-corrected chi connectivity index (χ0v) is 12.9. The number of nitrogens with one attached hydrogen (secondary N) is 1. The molecule has 2 rings (SSSR count). The average molecular weight is 288 g/mol. The molecule has 21 heavy (non-hydrogen) atoms. The topological polar surface area (TPSA) is 49.4 Å². The number of nitrogens with zero attached hydrogens (tertiary/aromatic N) is 1. The third-order valence-corrected chi connectivity index (χ3v) is 4.07. The van der Waals surface area contributed by atoms with Crippen LogP contribution in [0.3, 0.4) is 0 Å². The van der Waals surface area contributed by atoms with Crippen molar-refractivity contribution in [3.8, 4) is 0 Å². The van der Waals surface area contributed by atoms with E-state index in [1.165, 1.54) is 26.2 Å². The van der Waals surface area contributed by atoms with E-state index in [-0.39, 0.29) is 17.7 Å². The van der Waals surface area contributed by atoms with Gasteiger partial charge in [-0.2, -0.15) is 0 Å². The van der Waals surface area contributed by atoms with Crippen LogP contribution in [-0.2, 0) is 4.79 Å². The molecule has 1 N–H and O–H groups in total. The number of hydrogen-bond donors (Lipinski definition) is 1. The first-order chi connectivity index (χ1) is 10.1. The standard InChI is InChI=1S/C17H24N2O2/c1-13(19-10-4-3-5-11-19)12-17(21)18-16-8-6-15(7-9-16)14(2)20/h6-9,13H,3-5,10-12H2,1-2H3,(H,18,21). The number of carbonyl (C=O) groups excluding carboxylic acids is 2. The van der Waals surface area contributed by atoms with Crippen molar-refractivity contribution in [1.82, 2.24) is 4.90 Å². The lowest BCUT2D eigenvalue weighted by Crippen LogP contribution is -2.39. The van der Waals surface area contributed by atoms with E-state index < -0.39 is 0 Å². The van der Waals surface area contributed by atoms with Crippen LogP contribution in [0, 0.1) is 0 Å². The van der Waals surface area contributed by atoms with Gasteiger partial charge in [0.05, 0.1) is 0 Å². The van der Waals surface area contributed by atoms with Crippen LogP contribution in [0.5, 0.6) is 0 Å². The molecule has 114 valence electrons. The molecule has 1 aliphatic heterocycles. The van der Waals surface area contributed by atoms with Crippen LogP contribution in [0.1, 0.15) is 49.9 Å². The van der Waals surface area contributed by atoms with Gasteiger partial charge in [0.1, 0.15) is 0 Å². The van der Waals surface area contributed by atoms with E-state index >= 15 is 0 Å². The van der Waals surface area contributed by atoms with E-state index in [1.54, 1.807) is 24.3 Å². The summed E-state index contributed by atoms with van der Waals surface area (Å²) in [5.74, 6) is 0.0650. The van der Waals surface area contributed by atoms with Gasteiger partial charge < -0.3 is 10.2 Å². The van der Waals surface area contributed by atoms with Crippen LogP contribution in [0.2, 0.25) is 0 Å². The smallest absolute Gasteiger partial charge is 0.225 e. The first kappa shape index (κ1) is 15.7. The van der Waals surface area contributed by atoms with Gasteiger partial charge in [0.25, 0.3) is 0 Å². The fraction of sp³-hybridized carbons (Fsp3) is 0.529. The number of rotatable bonds is 5. The molecule has 4 heteroatoms. The normalized spacial score (nSPS) is 17.2. The lowest BCUT2D eigenvalue weighted by Gasteiger charge is -2.31. The number of carbonyl (C=O) groups is 2. The van der Waals surface area contributed by atoms with E-state index in [9.17, 15) is 9.59 Å². The molecule has 1 aromatic rings. The molecule has 0 aromatic heterocycles. The highest BCUT2D eigenvalue weighted by molar-refractivity contribution is 5.95.